The van der Waals surface area contributed by atoms with E-state index in [4.69, 9.17) is 4.74 Å². The highest BCUT2D eigenvalue weighted by molar-refractivity contribution is 4.93. The zero-order valence-corrected chi connectivity index (χ0v) is 11.1. The summed E-state index contributed by atoms with van der Waals surface area (Å²) in [4.78, 5) is 0. The van der Waals surface area contributed by atoms with Crippen molar-refractivity contribution in [3.8, 4) is 0 Å². The lowest BCUT2D eigenvalue weighted by Gasteiger charge is -2.03. The number of epoxide rings is 1. The van der Waals surface area contributed by atoms with Crippen LogP contribution in [0.5, 0.6) is 0 Å². The third-order valence-corrected chi connectivity index (χ3v) is 4.25. The van der Waals surface area contributed by atoms with Crippen LogP contribution in [0, 0.1) is 0 Å². The number of fused-ring (bicyclic) bond motifs is 1. The molecule has 100 valence electrons. The molecule has 0 aromatic rings. The fourth-order valence-corrected chi connectivity index (χ4v) is 2.98. The number of hydrogen-bond donors (Lipinski definition) is 0. The minimum absolute atomic E-state index is 0.0624. The lowest BCUT2D eigenvalue weighted by atomic mass is 10.0. The molecule has 2 aliphatic rings. The summed E-state index contributed by atoms with van der Waals surface area (Å²) in [7, 11) is 0. The molecule has 1 aliphatic heterocycles. The van der Waals surface area contributed by atoms with Crippen molar-refractivity contribution < 1.29 is 9.13 Å². The summed E-state index contributed by atoms with van der Waals surface area (Å²) < 4.78 is 19.2. The van der Waals surface area contributed by atoms with E-state index in [0.29, 0.717) is 6.42 Å². The van der Waals surface area contributed by atoms with E-state index >= 15 is 0 Å². The maximum atomic E-state index is 14.0. The smallest absolute Gasteiger partial charge is 0.236 e. The van der Waals surface area contributed by atoms with Crippen LogP contribution in [-0.2, 0) is 4.74 Å². The molecule has 1 aliphatic carbocycles. The van der Waals surface area contributed by atoms with Crippen molar-refractivity contribution in [1.29, 1.82) is 0 Å². The molecule has 0 spiro atoms. The van der Waals surface area contributed by atoms with Gasteiger partial charge in [0.05, 0.1) is 0 Å². The normalized spacial score (nSPS) is 37.6. The zero-order valence-electron chi connectivity index (χ0n) is 11.1. The number of ether oxygens (including phenoxy) is 1. The molecular formula is C15H27FO. The van der Waals surface area contributed by atoms with Crippen molar-refractivity contribution in [2.45, 2.75) is 95.4 Å². The van der Waals surface area contributed by atoms with Gasteiger partial charge in [0.25, 0.3) is 0 Å². The Morgan fingerprint density at radius 2 is 1.18 bits per heavy atom. The molecule has 0 aromatic heterocycles. The predicted molar refractivity (Wildman–Crippen MR) is 68.7 cm³/mol. The first kappa shape index (κ1) is 13.3. The first-order valence-corrected chi connectivity index (χ1v) is 7.68. The van der Waals surface area contributed by atoms with E-state index in [2.05, 4.69) is 0 Å². The standard InChI is InChI=1S/C15H27FO/c16-15-13-11-9-7-5-3-1-2-4-6-8-10-12-14(15)17-15/h14H,1-13H2/t14-,15-/m1/s1. The lowest BCUT2D eigenvalue weighted by molar-refractivity contribution is 0.126. The van der Waals surface area contributed by atoms with Crippen molar-refractivity contribution in [3.05, 3.63) is 0 Å². The minimum Gasteiger partial charge on any atom is -0.334 e. The summed E-state index contributed by atoms with van der Waals surface area (Å²) in [6, 6.07) is 0. The van der Waals surface area contributed by atoms with E-state index < -0.39 is 5.85 Å². The van der Waals surface area contributed by atoms with Crippen LogP contribution >= 0.6 is 0 Å². The summed E-state index contributed by atoms with van der Waals surface area (Å²) in [6.45, 7) is 0. The number of rotatable bonds is 0. The van der Waals surface area contributed by atoms with E-state index in [-0.39, 0.29) is 6.10 Å². The van der Waals surface area contributed by atoms with Gasteiger partial charge in [0.2, 0.25) is 5.85 Å². The Morgan fingerprint density at radius 3 is 1.76 bits per heavy atom. The summed E-state index contributed by atoms with van der Waals surface area (Å²) in [5.74, 6) is -1.22. The van der Waals surface area contributed by atoms with E-state index in [1.807, 2.05) is 0 Å². The third-order valence-electron chi connectivity index (χ3n) is 4.25. The van der Waals surface area contributed by atoms with Gasteiger partial charge in [0.1, 0.15) is 6.10 Å². The molecule has 1 saturated heterocycles. The van der Waals surface area contributed by atoms with E-state index in [9.17, 15) is 4.39 Å². The molecule has 0 amide bonds. The summed E-state index contributed by atoms with van der Waals surface area (Å²) in [6.07, 6.45) is 15.6. The van der Waals surface area contributed by atoms with Crippen LogP contribution in [0.4, 0.5) is 4.39 Å². The van der Waals surface area contributed by atoms with Crippen LogP contribution in [0.3, 0.4) is 0 Å². The Kier molecular flexibility index (Phi) is 5.27. The monoisotopic (exact) mass is 242 g/mol. The van der Waals surface area contributed by atoms with Crippen LogP contribution < -0.4 is 0 Å². The largest absolute Gasteiger partial charge is 0.334 e. The van der Waals surface area contributed by atoms with Gasteiger partial charge in [-0.1, -0.05) is 64.2 Å². The Bertz CT molecular complexity index is 219. The molecule has 0 radical (unpaired) electrons. The molecule has 0 unspecified atom stereocenters. The fraction of sp³-hybridized carbons (Fsp3) is 1.00. The zero-order chi connectivity index (χ0) is 12.0. The highest BCUT2D eigenvalue weighted by atomic mass is 19.2. The molecule has 0 aromatic carbocycles. The number of halogens is 1. The second kappa shape index (κ2) is 6.72. The topological polar surface area (TPSA) is 12.5 Å². The Morgan fingerprint density at radius 1 is 0.706 bits per heavy atom. The lowest BCUT2D eigenvalue weighted by Crippen LogP contribution is -2.07. The molecular weight excluding hydrogens is 215 g/mol. The van der Waals surface area contributed by atoms with Gasteiger partial charge in [0.15, 0.2) is 0 Å². The van der Waals surface area contributed by atoms with Gasteiger partial charge in [0, 0.05) is 6.42 Å². The molecule has 0 N–H and O–H groups in total. The molecule has 2 rings (SSSR count). The van der Waals surface area contributed by atoms with E-state index in [0.717, 1.165) is 19.3 Å². The van der Waals surface area contributed by atoms with Crippen LogP contribution in [0.2, 0.25) is 0 Å². The van der Waals surface area contributed by atoms with Gasteiger partial charge in [-0.05, 0) is 12.8 Å². The third kappa shape index (κ3) is 4.57. The van der Waals surface area contributed by atoms with Crippen molar-refractivity contribution in [3.63, 3.8) is 0 Å². The summed E-state index contributed by atoms with van der Waals surface area (Å²) in [5, 5.41) is 0. The Labute approximate surface area is 105 Å². The van der Waals surface area contributed by atoms with Crippen molar-refractivity contribution in [2.75, 3.05) is 0 Å². The quantitative estimate of drug-likeness (QED) is 0.536. The molecule has 2 fully saturated rings. The molecule has 2 heteroatoms. The molecule has 1 heterocycles. The van der Waals surface area contributed by atoms with Crippen LogP contribution in [0.25, 0.3) is 0 Å². The number of alkyl halides is 1. The average Bonchev–Trinajstić information content (AvgIpc) is 2.95. The minimum atomic E-state index is -1.22. The van der Waals surface area contributed by atoms with Crippen molar-refractivity contribution in [1.82, 2.24) is 0 Å². The first-order valence-electron chi connectivity index (χ1n) is 7.68. The first-order chi connectivity index (χ1) is 8.31. The van der Waals surface area contributed by atoms with Gasteiger partial charge in [-0.2, -0.15) is 0 Å². The molecule has 2 atom stereocenters. The van der Waals surface area contributed by atoms with Crippen LogP contribution in [0.15, 0.2) is 0 Å². The second-order valence-corrected chi connectivity index (χ2v) is 5.82. The second-order valence-electron chi connectivity index (χ2n) is 5.82. The van der Waals surface area contributed by atoms with Crippen LogP contribution in [-0.4, -0.2) is 12.0 Å². The highest BCUT2D eigenvalue weighted by Crippen LogP contribution is 2.45. The van der Waals surface area contributed by atoms with Crippen molar-refractivity contribution in [2.24, 2.45) is 0 Å². The fourth-order valence-electron chi connectivity index (χ4n) is 2.98. The molecule has 0 bridgehead atoms. The van der Waals surface area contributed by atoms with Gasteiger partial charge >= 0.3 is 0 Å². The Balaban J connectivity index is 1.68. The van der Waals surface area contributed by atoms with Crippen LogP contribution in [0.1, 0.15) is 83.5 Å². The van der Waals surface area contributed by atoms with Gasteiger partial charge in [-0.3, -0.25) is 0 Å². The maximum Gasteiger partial charge on any atom is 0.236 e. The SMILES string of the molecule is F[C@@]12CCCCCCCCCCCCC[C@H]1O2. The van der Waals surface area contributed by atoms with Gasteiger partial charge in [-0.25, -0.2) is 4.39 Å². The van der Waals surface area contributed by atoms with Gasteiger partial charge in [-0.15, -0.1) is 0 Å². The van der Waals surface area contributed by atoms with E-state index in [1.54, 1.807) is 0 Å². The maximum absolute atomic E-state index is 14.0. The van der Waals surface area contributed by atoms with Crippen molar-refractivity contribution >= 4 is 0 Å². The number of hydrogen-bond acceptors (Lipinski definition) is 1. The van der Waals surface area contributed by atoms with Gasteiger partial charge < -0.3 is 4.74 Å². The summed E-state index contributed by atoms with van der Waals surface area (Å²) >= 11 is 0. The molecule has 17 heavy (non-hydrogen) atoms. The Hall–Kier alpha value is -0.110. The molecule has 1 nitrogen and oxygen atoms in total. The average molecular weight is 242 g/mol. The van der Waals surface area contributed by atoms with E-state index in [1.165, 1.54) is 57.8 Å². The highest BCUT2D eigenvalue weighted by Gasteiger charge is 2.56. The predicted octanol–water partition coefficient (Wildman–Crippen LogP) is 5.14. The molecule has 1 saturated carbocycles. The summed E-state index contributed by atoms with van der Waals surface area (Å²) in [5.41, 5.74) is 0.